The van der Waals surface area contributed by atoms with Gasteiger partial charge in [0.2, 0.25) is 0 Å². The second-order valence-corrected chi connectivity index (χ2v) is 5.49. The van der Waals surface area contributed by atoms with Crippen LogP contribution in [0.4, 0.5) is 0 Å². The number of carboxylic acids is 1. The van der Waals surface area contributed by atoms with Crippen molar-refractivity contribution >= 4 is 16.9 Å². The van der Waals surface area contributed by atoms with Gasteiger partial charge in [0.1, 0.15) is 0 Å². The Morgan fingerprint density at radius 1 is 1.30 bits per heavy atom. The number of pyridine rings is 1. The summed E-state index contributed by atoms with van der Waals surface area (Å²) in [6.45, 7) is 1.65. The number of aromatic nitrogens is 1. The first kappa shape index (κ1) is 13.1. The number of para-hydroxylation sites is 1. The fourth-order valence-corrected chi connectivity index (χ4v) is 2.58. The molecular formula is C16H18N2O2. The predicted molar refractivity (Wildman–Crippen MR) is 77.4 cm³/mol. The molecule has 1 saturated carbocycles. The van der Waals surface area contributed by atoms with Gasteiger partial charge >= 0.3 is 5.97 Å². The second-order valence-electron chi connectivity index (χ2n) is 5.49. The summed E-state index contributed by atoms with van der Waals surface area (Å²) in [5.74, 6) is -0.0773. The van der Waals surface area contributed by atoms with Crippen molar-refractivity contribution in [3.8, 4) is 0 Å². The van der Waals surface area contributed by atoms with E-state index in [0.717, 1.165) is 23.0 Å². The molecule has 1 fully saturated rings. The number of rotatable bonds is 6. The molecule has 0 radical (unpaired) electrons. The Labute approximate surface area is 118 Å². The molecule has 0 amide bonds. The van der Waals surface area contributed by atoms with Crippen molar-refractivity contribution in [1.29, 1.82) is 0 Å². The minimum atomic E-state index is -0.760. The molecule has 0 spiro atoms. The molecule has 0 aliphatic heterocycles. The van der Waals surface area contributed by atoms with E-state index in [4.69, 9.17) is 5.11 Å². The first-order chi connectivity index (χ1) is 9.72. The Kier molecular flexibility index (Phi) is 3.65. The Bertz CT molecular complexity index is 617. The van der Waals surface area contributed by atoms with Gasteiger partial charge in [-0.05, 0) is 36.5 Å². The summed E-state index contributed by atoms with van der Waals surface area (Å²) < 4.78 is 0. The maximum absolute atomic E-state index is 11.0. The first-order valence-corrected chi connectivity index (χ1v) is 6.99. The number of benzene rings is 1. The van der Waals surface area contributed by atoms with Crippen molar-refractivity contribution in [2.24, 2.45) is 5.92 Å². The van der Waals surface area contributed by atoms with Gasteiger partial charge in [-0.25, -0.2) is 0 Å². The molecule has 1 aliphatic carbocycles. The maximum atomic E-state index is 11.0. The highest BCUT2D eigenvalue weighted by atomic mass is 16.4. The number of aliphatic carboxylic acids is 1. The van der Waals surface area contributed by atoms with E-state index in [1.54, 1.807) is 6.20 Å². The molecule has 0 unspecified atom stereocenters. The summed E-state index contributed by atoms with van der Waals surface area (Å²) >= 11 is 0. The molecule has 2 aromatic rings. The number of fused-ring (bicyclic) bond motifs is 1. The lowest BCUT2D eigenvalue weighted by Gasteiger charge is -2.20. The van der Waals surface area contributed by atoms with Gasteiger partial charge in [0.15, 0.2) is 0 Å². The lowest BCUT2D eigenvalue weighted by Crippen LogP contribution is -2.31. The summed E-state index contributed by atoms with van der Waals surface area (Å²) in [6.07, 6.45) is 4.26. The third-order valence-corrected chi connectivity index (χ3v) is 3.71. The van der Waals surface area contributed by atoms with E-state index >= 15 is 0 Å². The van der Waals surface area contributed by atoms with Crippen LogP contribution in [-0.2, 0) is 11.3 Å². The monoisotopic (exact) mass is 270 g/mol. The van der Waals surface area contributed by atoms with Gasteiger partial charge in [0, 0.05) is 24.7 Å². The standard InChI is InChI=1S/C16H18N2O2/c19-16(20)11-18(9-12-5-6-12)10-13-7-8-17-15-4-2-1-3-14(13)15/h1-4,7-8,12H,5-6,9-11H2,(H,19,20). The molecular weight excluding hydrogens is 252 g/mol. The maximum Gasteiger partial charge on any atom is 0.317 e. The van der Waals surface area contributed by atoms with E-state index in [2.05, 4.69) is 4.98 Å². The van der Waals surface area contributed by atoms with E-state index < -0.39 is 5.97 Å². The highest BCUT2D eigenvalue weighted by Crippen LogP contribution is 2.30. The minimum absolute atomic E-state index is 0.104. The normalized spacial score (nSPS) is 14.8. The van der Waals surface area contributed by atoms with Crippen molar-refractivity contribution in [3.63, 3.8) is 0 Å². The largest absolute Gasteiger partial charge is 0.480 e. The molecule has 104 valence electrons. The number of carbonyl (C=O) groups is 1. The van der Waals surface area contributed by atoms with Gasteiger partial charge in [-0.3, -0.25) is 14.7 Å². The molecule has 20 heavy (non-hydrogen) atoms. The Hall–Kier alpha value is -1.94. The van der Waals surface area contributed by atoms with Crippen LogP contribution in [0.2, 0.25) is 0 Å². The van der Waals surface area contributed by atoms with E-state index in [1.807, 2.05) is 35.2 Å². The van der Waals surface area contributed by atoms with Gasteiger partial charge in [0.05, 0.1) is 12.1 Å². The summed E-state index contributed by atoms with van der Waals surface area (Å²) in [5, 5.41) is 10.2. The van der Waals surface area contributed by atoms with Gasteiger partial charge in [-0.15, -0.1) is 0 Å². The zero-order valence-electron chi connectivity index (χ0n) is 11.3. The predicted octanol–water partition coefficient (Wildman–Crippen LogP) is 2.53. The lowest BCUT2D eigenvalue weighted by molar-refractivity contribution is -0.138. The van der Waals surface area contributed by atoms with Crippen LogP contribution >= 0.6 is 0 Å². The molecule has 1 aromatic heterocycles. The molecule has 4 heteroatoms. The second kappa shape index (κ2) is 5.59. The average molecular weight is 270 g/mol. The molecule has 1 heterocycles. The zero-order valence-corrected chi connectivity index (χ0v) is 11.3. The lowest BCUT2D eigenvalue weighted by atomic mass is 10.1. The van der Waals surface area contributed by atoms with Crippen molar-refractivity contribution in [2.45, 2.75) is 19.4 Å². The van der Waals surface area contributed by atoms with Crippen LogP contribution in [0, 0.1) is 5.92 Å². The first-order valence-electron chi connectivity index (χ1n) is 6.99. The van der Waals surface area contributed by atoms with Gasteiger partial charge < -0.3 is 5.11 Å². The number of hydrogen-bond acceptors (Lipinski definition) is 3. The molecule has 0 bridgehead atoms. The van der Waals surface area contributed by atoms with E-state index in [9.17, 15) is 4.79 Å². The number of hydrogen-bond donors (Lipinski definition) is 1. The number of carboxylic acid groups (broad SMARTS) is 1. The van der Waals surface area contributed by atoms with Crippen molar-refractivity contribution < 1.29 is 9.90 Å². The minimum Gasteiger partial charge on any atom is -0.480 e. The SMILES string of the molecule is O=C(O)CN(Cc1ccnc2ccccc12)CC1CC1. The summed E-state index contributed by atoms with van der Waals surface area (Å²) in [6, 6.07) is 9.99. The summed E-state index contributed by atoms with van der Waals surface area (Å²) in [7, 11) is 0. The van der Waals surface area contributed by atoms with Gasteiger partial charge in [0.25, 0.3) is 0 Å². The Morgan fingerprint density at radius 2 is 2.10 bits per heavy atom. The van der Waals surface area contributed by atoms with Crippen LogP contribution in [0.1, 0.15) is 18.4 Å². The number of nitrogens with zero attached hydrogens (tertiary/aromatic N) is 2. The van der Waals surface area contributed by atoms with E-state index in [0.29, 0.717) is 12.5 Å². The van der Waals surface area contributed by atoms with Crippen molar-refractivity contribution in [3.05, 3.63) is 42.1 Å². The topological polar surface area (TPSA) is 53.4 Å². The highest BCUT2D eigenvalue weighted by molar-refractivity contribution is 5.81. The van der Waals surface area contributed by atoms with Gasteiger partial charge in [-0.2, -0.15) is 0 Å². The van der Waals surface area contributed by atoms with Crippen LogP contribution in [0.5, 0.6) is 0 Å². The fraction of sp³-hybridized carbons (Fsp3) is 0.375. The third kappa shape index (κ3) is 3.14. The van der Waals surface area contributed by atoms with Gasteiger partial charge in [-0.1, -0.05) is 18.2 Å². The zero-order chi connectivity index (χ0) is 13.9. The quantitative estimate of drug-likeness (QED) is 0.876. The van der Waals surface area contributed by atoms with E-state index in [1.165, 1.54) is 12.8 Å². The van der Waals surface area contributed by atoms with Crippen molar-refractivity contribution in [1.82, 2.24) is 9.88 Å². The molecule has 4 nitrogen and oxygen atoms in total. The molecule has 1 N–H and O–H groups in total. The summed E-state index contributed by atoms with van der Waals surface area (Å²) in [5.41, 5.74) is 2.11. The Balaban J connectivity index is 1.83. The van der Waals surface area contributed by atoms with Crippen LogP contribution < -0.4 is 0 Å². The molecule has 3 rings (SSSR count). The third-order valence-electron chi connectivity index (χ3n) is 3.71. The molecule has 1 aromatic carbocycles. The van der Waals surface area contributed by atoms with Crippen LogP contribution in [0.25, 0.3) is 10.9 Å². The average Bonchev–Trinajstić information content (AvgIpc) is 3.22. The van der Waals surface area contributed by atoms with Crippen LogP contribution in [0.15, 0.2) is 36.5 Å². The smallest absolute Gasteiger partial charge is 0.317 e. The molecule has 1 aliphatic rings. The van der Waals surface area contributed by atoms with Crippen molar-refractivity contribution in [2.75, 3.05) is 13.1 Å². The highest BCUT2D eigenvalue weighted by Gasteiger charge is 2.25. The van der Waals surface area contributed by atoms with Crippen LogP contribution in [-0.4, -0.2) is 34.0 Å². The molecule has 0 saturated heterocycles. The summed E-state index contributed by atoms with van der Waals surface area (Å²) in [4.78, 5) is 17.4. The van der Waals surface area contributed by atoms with Crippen LogP contribution in [0.3, 0.4) is 0 Å². The molecule has 0 atom stereocenters. The fourth-order valence-electron chi connectivity index (χ4n) is 2.58. The van der Waals surface area contributed by atoms with E-state index in [-0.39, 0.29) is 6.54 Å². The Morgan fingerprint density at radius 3 is 2.85 bits per heavy atom.